The van der Waals surface area contributed by atoms with Gasteiger partial charge in [-0.25, -0.2) is 4.98 Å². The maximum Gasteiger partial charge on any atom is 0.239 e. The molecule has 0 radical (unpaired) electrons. The lowest BCUT2D eigenvalue weighted by atomic mass is 10.6. The van der Waals surface area contributed by atoms with Crippen LogP contribution in [0.25, 0.3) is 0 Å². The van der Waals surface area contributed by atoms with Gasteiger partial charge < -0.3 is 9.88 Å². The van der Waals surface area contributed by atoms with Crippen LogP contribution in [-0.2, 0) is 11.3 Å². The third kappa shape index (κ3) is 1.94. The highest BCUT2D eigenvalue weighted by molar-refractivity contribution is 6.28. The summed E-state index contributed by atoms with van der Waals surface area (Å²) in [5, 5.41) is 2.81. The van der Waals surface area contributed by atoms with Crippen molar-refractivity contribution in [2.45, 2.75) is 6.54 Å². The average Bonchev–Trinajstić information content (AvgIpc) is 2.37. The smallest absolute Gasteiger partial charge is 0.239 e. The van der Waals surface area contributed by atoms with Crippen molar-refractivity contribution in [3.63, 3.8) is 0 Å². The van der Waals surface area contributed by atoms with Crippen molar-refractivity contribution in [1.29, 1.82) is 0 Å². The van der Waals surface area contributed by atoms with Gasteiger partial charge in [0.05, 0.1) is 0 Å². The van der Waals surface area contributed by atoms with Crippen LogP contribution in [-0.4, -0.2) is 22.5 Å². The predicted molar refractivity (Wildman–Crippen MR) is 41.3 cm³/mol. The number of carbonyl (C=O) groups is 1. The van der Waals surface area contributed by atoms with E-state index >= 15 is 0 Å². The highest BCUT2D eigenvalue weighted by Gasteiger charge is 2.02. The Balaban J connectivity index is 2.64. The van der Waals surface area contributed by atoms with E-state index in [1.807, 2.05) is 0 Å². The largest absolute Gasteiger partial charge is 0.358 e. The van der Waals surface area contributed by atoms with E-state index in [-0.39, 0.29) is 12.5 Å². The SMILES string of the molecule is CNC(=O)Cn1ccnc1Cl. The van der Waals surface area contributed by atoms with Crippen molar-refractivity contribution >= 4 is 17.5 Å². The van der Waals surface area contributed by atoms with E-state index in [1.54, 1.807) is 24.0 Å². The molecule has 0 aromatic carbocycles. The number of hydrogen-bond donors (Lipinski definition) is 1. The number of halogens is 1. The fraction of sp³-hybridized carbons (Fsp3) is 0.333. The molecular formula is C6H8ClN3O. The van der Waals surface area contributed by atoms with E-state index in [4.69, 9.17) is 11.6 Å². The van der Waals surface area contributed by atoms with Crippen LogP contribution in [0.1, 0.15) is 0 Å². The molecule has 0 aliphatic rings. The molecule has 1 N–H and O–H groups in total. The molecule has 4 nitrogen and oxygen atoms in total. The van der Waals surface area contributed by atoms with Crippen LogP contribution < -0.4 is 5.32 Å². The number of likely N-dealkylation sites (N-methyl/N-ethyl adjacent to an activating group) is 1. The molecule has 0 saturated heterocycles. The summed E-state index contributed by atoms with van der Waals surface area (Å²) in [6.45, 7) is 0.218. The fourth-order valence-corrected chi connectivity index (χ4v) is 0.835. The number of amides is 1. The Bertz CT molecular complexity index is 258. The second-order valence-corrected chi connectivity index (χ2v) is 2.34. The highest BCUT2D eigenvalue weighted by atomic mass is 35.5. The molecule has 0 unspecified atom stereocenters. The number of nitrogens with one attached hydrogen (secondary N) is 1. The topological polar surface area (TPSA) is 46.9 Å². The molecule has 0 fully saturated rings. The first-order chi connectivity index (χ1) is 5.24. The first-order valence-electron chi connectivity index (χ1n) is 3.11. The Morgan fingerprint density at radius 2 is 2.64 bits per heavy atom. The Hall–Kier alpha value is -1.03. The Morgan fingerprint density at radius 3 is 3.09 bits per heavy atom. The number of carbonyl (C=O) groups excluding carboxylic acids is 1. The Kier molecular flexibility index (Phi) is 2.48. The molecule has 0 aliphatic heterocycles. The van der Waals surface area contributed by atoms with E-state index in [1.165, 1.54) is 0 Å². The van der Waals surface area contributed by atoms with Crippen molar-refractivity contribution in [2.75, 3.05) is 7.05 Å². The number of hydrogen-bond acceptors (Lipinski definition) is 2. The number of imidazole rings is 1. The molecule has 1 aromatic rings. The molecule has 5 heteroatoms. The third-order valence-electron chi connectivity index (χ3n) is 1.26. The predicted octanol–water partition coefficient (Wildman–Crippen LogP) is 0.282. The van der Waals surface area contributed by atoms with E-state index in [2.05, 4.69) is 10.3 Å². The highest BCUT2D eigenvalue weighted by Crippen LogP contribution is 2.03. The lowest BCUT2D eigenvalue weighted by Gasteiger charge is -2.00. The second kappa shape index (κ2) is 3.39. The first-order valence-corrected chi connectivity index (χ1v) is 3.49. The van der Waals surface area contributed by atoms with Gasteiger partial charge in [-0.1, -0.05) is 0 Å². The van der Waals surface area contributed by atoms with Crippen LogP contribution in [0.5, 0.6) is 0 Å². The molecule has 0 spiro atoms. The molecular weight excluding hydrogens is 166 g/mol. The van der Waals surface area contributed by atoms with Crippen molar-refractivity contribution < 1.29 is 4.79 Å². The van der Waals surface area contributed by atoms with Gasteiger partial charge in [0.25, 0.3) is 0 Å². The molecule has 1 rings (SSSR count). The Labute approximate surface area is 69.2 Å². The normalized spacial score (nSPS) is 9.64. The summed E-state index contributed by atoms with van der Waals surface area (Å²) in [6, 6.07) is 0. The lowest BCUT2D eigenvalue weighted by molar-refractivity contribution is -0.121. The van der Waals surface area contributed by atoms with Gasteiger partial charge in [0.1, 0.15) is 6.54 Å². The fourth-order valence-electron chi connectivity index (χ4n) is 0.663. The summed E-state index contributed by atoms with van der Waals surface area (Å²) in [5.74, 6) is -0.0927. The zero-order chi connectivity index (χ0) is 8.27. The van der Waals surface area contributed by atoms with Crippen LogP contribution in [0, 0.1) is 0 Å². The molecule has 0 bridgehead atoms. The van der Waals surface area contributed by atoms with E-state index < -0.39 is 0 Å². The number of nitrogens with zero attached hydrogens (tertiary/aromatic N) is 2. The zero-order valence-electron chi connectivity index (χ0n) is 6.04. The summed E-state index contributed by atoms with van der Waals surface area (Å²) >= 11 is 5.61. The van der Waals surface area contributed by atoms with Gasteiger partial charge in [-0.2, -0.15) is 0 Å². The molecule has 0 saturated carbocycles. The van der Waals surface area contributed by atoms with Gasteiger partial charge in [-0.05, 0) is 11.6 Å². The number of rotatable bonds is 2. The molecule has 0 aliphatic carbocycles. The molecule has 0 atom stereocenters. The minimum absolute atomic E-state index is 0.0927. The van der Waals surface area contributed by atoms with Gasteiger partial charge in [-0.15, -0.1) is 0 Å². The van der Waals surface area contributed by atoms with Crippen molar-refractivity contribution in [3.8, 4) is 0 Å². The summed E-state index contributed by atoms with van der Waals surface area (Å²) < 4.78 is 1.56. The minimum atomic E-state index is -0.0927. The van der Waals surface area contributed by atoms with Crippen molar-refractivity contribution in [2.24, 2.45) is 0 Å². The maximum absolute atomic E-state index is 10.8. The monoisotopic (exact) mass is 173 g/mol. The lowest BCUT2D eigenvalue weighted by Crippen LogP contribution is -2.23. The second-order valence-electron chi connectivity index (χ2n) is 2.00. The van der Waals surface area contributed by atoms with Gasteiger partial charge in [0, 0.05) is 19.4 Å². The third-order valence-corrected chi connectivity index (χ3v) is 1.57. The van der Waals surface area contributed by atoms with Crippen molar-refractivity contribution in [1.82, 2.24) is 14.9 Å². The van der Waals surface area contributed by atoms with Crippen LogP contribution in [0.4, 0.5) is 0 Å². The van der Waals surface area contributed by atoms with E-state index in [9.17, 15) is 4.79 Å². The van der Waals surface area contributed by atoms with Gasteiger partial charge in [-0.3, -0.25) is 4.79 Å². The Morgan fingerprint density at radius 1 is 1.91 bits per heavy atom. The van der Waals surface area contributed by atoms with Gasteiger partial charge >= 0.3 is 0 Å². The van der Waals surface area contributed by atoms with Gasteiger partial charge in [0.15, 0.2) is 0 Å². The van der Waals surface area contributed by atoms with E-state index in [0.717, 1.165) is 0 Å². The quantitative estimate of drug-likeness (QED) is 0.699. The molecule has 1 amide bonds. The van der Waals surface area contributed by atoms with Crippen molar-refractivity contribution in [3.05, 3.63) is 17.7 Å². The van der Waals surface area contributed by atoms with Crippen LogP contribution in [0.3, 0.4) is 0 Å². The van der Waals surface area contributed by atoms with Gasteiger partial charge in [0.2, 0.25) is 11.2 Å². The molecule has 60 valence electrons. The molecule has 1 heterocycles. The first kappa shape index (κ1) is 8.07. The summed E-state index contributed by atoms with van der Waals surface area (Å²) in [4.78, 5) is 14.6. The summed E-state index contributed by atoms with van der Waals surface area (Å²) in [6.07, 6.45) is 3.20. The zero-order valence-corrected chi connectivity index (χ0v) is 6.80. The van der Waals surface area contributed by atoms with Crippen LogP contribution in [0.2, 0.25) is 5.28 Å². The van der Waals surface area contributed by atoms with Crippen LogP contribution >= 0.6 is 11.6 Å². The maximum atomic E-state index is 10.8. The minimum Gasteiger partial charge on any atom is -0.358 e. The molecule has 1 aromatic heterocycles. The van der Waals surface area contributed by atoms with Crippen LogP contribution in [0.15, 0.2) is 12.4 Å². The summed E-state index contributed by atoms with van der Waals surface area (Å²) in [5.41, 5.74) is 0. The molecule has 11 heavy (non-hydrogen) atoms. The standard InChI is InChI=1S/C6H8ClN3O/c1-8-5(11)4-10-3-2-9-6(10)7/h2-3H,4H2,1H3,(H,8,11). The number of aromatic nitrogens is 2. The average molecular weight is 174 g/mol. The summed E-state index contributed by atoms with van der Waals surface area (Å²) in [7, 11) is 1.58. The van der Waals surface area contributed by atoms with E-state index in [0.29, 0.717) is 5.28 Å².